The van der Waals surface area contributed by atoms with Gasteiger partial charge in [0.05, 0.1) is 0 Å². The Labute approximate surface area is 85.0 Å². The summed E-state index contributed by atoms with van der Waals surface area (Å²) in [5, 5.41) is 0. The third-order valence-corrected chi connectivity index (χ3v) is 2.64. The third kappa shape index (κ3) is 1.58. The Balaban J connectivity index is 2.44. The van der Waals surface area contributed by atoms with Gasteiger partial charge in [-0.2, -0.15) is 0 Å². The lowest BCUT2D eigenvalue weighted by atomic mass is 10.1. The van der Waals surface area contributed by atoms with Crippen molar-refractivity contribution in [2.75, 3.05) is 0 Å². The molecule has 0 saturated heterocycles. The maximum absolute atomic E-state index is 2.21. The fourth-order valence-electron chi connectivity index (χ4n) is 1.58. The van der Waals surface area contributed by atoms with Gasteiger partial charge in [0.25, 0.3) is 0 Å². The zero-order valence-corrected chi connectivity index (χ0v) is 8.91. The molecule has 1 aromatic heterocycles. The lowest BCUT2D eigenvalue weighted by molar-refractivity contribution is 0.883. The molecule has 0 aliphatic rings. The summed E-state index contributed by atoms with van der Waals surface area (Å²) in [7, 11) is 2.08. The molecule has 1 nitrogen and oxygen atoms in total. The monoisotopic (exact) mass is 185 g/mol. The first kappa shape index (κ1) is 9.07. The molecular formula is C13H15N. The number of benzene rings is 1. The van der Waals surface area contributed by atoms with Crippen LogP contribution < -0.4 is 0 Å². The van der Waals surface area contributed by atoms with Crippen LogP contribution in [0, 0.1) is 13.8 Å². The molecule has 0 N–H and O–H groups in total. The summed E-state index contributed by atoms with van der Waals surface area (Å²) < 4.78 is 2.15. The fourth-order valence-corrected chi connectivity index (χ4v) is 1.58. The van der Waals surface area contributed by atoms with Gasteiger partial charge in [-0.15, -0.1) is 0 Å². The zero-order chi connectivity index (χ0) is 10.1. The molecule has 0 fully saturated rings. The highest BCUT2D eigenvalue weighted by Gasteiger charge is 2.00. The fraction of sp³-hybridized carbons (Fsp3) is 0.231. The molecule has 0 aliphatic carbocycles. The number of aromatic nitrogens is 1. The molecule has 1 aromatic carbocycles. The Morgan fingerprint density at radius 2 is 1.57 bits per heavy atom. The van der Waals surface area contributed by atoms with E-state index in [2.05, 4.69) is 62.0 Å². The molecule has 0 amide bonds. The Bertz CT molecular complexity index is 415. The summed E-state index contributed by atoms with van der Waals surface area (Å²) >= 11 is 0. The topological polar surface area (TPSA) is 4.93 Å². The molecule has 0 unspecified atom stereocenters. The van der Waals surface area contributed by atoms with Crippen LogP contribution in [0.5, 0.6) is 0 Å². The highest BCUT2D eigenvalue weighted by Crippen LogP contribution is 2.21. The van der Waals surface area contributed by atoms with Crippen molar-refractivity contribution in [2.24, 2.45) is 7.05 Å². The maximum Gasteiger partial charge on any atom is 0.0147 e. The lowest BCUT2D eigenvalue weighted by Gasteiger charge is -1.97. The van der Waals surface area contributed by atoms with E-state index in [0.29, 0.717) is 0 Å². The summed E-state index contributed by atoms with van der Waals surface area (Å²) in [6, 6.07) is 10.9. The highest BCUT2D eigenvalue weighted by molar-refractivity contribution is 5.63. The van der Waals surface area contributed by atoms with Crippen molar-refractivity contribution >= 4 is 0 Å². The van der Waals surface area contributed by atoms with Gasteiger partial charge in [-0.3, -0.25) is 0 Å². The largest absolute Gasteiger partial charge is 0.354 e. The lowest BCUT2D eigenvalue weighted by Crippen LogP contribution is -1.85. The van der Waals surface area contributed by atoms with Crippen molar-refractivity contribution < 1.29 is 0 Å². The average molecular weight is 185 g/mol. The van der Waals surface area contributed by atoms with Crippen molar-refractivity contribution in [3.63, 3.8) is 0 Å². The van der Waals surface area contributed by atoms with Gasteiger partial charge in [-0.05, 0) is 31.0 Å². The zero-order valence-electron chi connectivity index (χ0n) is 8.91. The Morgan fingerprint density at radius 3 is 2.07 bits per heavy atom. The van der Waals surface area contributed by atoms with E-state index in [-0.39, 0.29) is 0 Å². The molecule has 72 valence electrons. The van der Waals surface area contributed by atoms with E-state index in [1.807, 2.05) is 0 Å². The van der Waals surface area contributed by atoms with Crippen LogP contribution >= 0.6 is 0 Å². The van der Waals surface area contributed by atoms with Crippen molar-refractivity contribution in [3.8, 4) is 11.1 Å². The molecule has 1 heteroatoms. The molecule has 14 heavy (non-hydrogen) atoms. The van der Waals surface area contributed by atoms with Crippen molar-refractivity contribution in [1.82, 2.24) is 4.57 Å². The van der Waals surface area contributed by atoms with Crippen LogP contribution in [0.1, 0.15) is 11.3 Å². The van der Waals surface area contributed by atoms with E-state index in [0.717, 1.165) is 0 Å². The number of hydrogen-bond donors (Lipinski definition) is 0. The van der Waals surface area contributed by atoms with Gasteiger partial charge in [-0.25, -0.2) is 0 Å². The first-order chi connectivity index (χ1) is 6.66. The van der Waals surface area contributed by atoms with Crippen LogP contribution in [0.4, 0.5) is 0 Å². The second-order valence-corrected chi connectivity index (χ2v) is 3.85. The Morgan fingerprint density at radius 1 is 0.929 bits per heavy atom. The minimum Gasteiger partial charge on any atom is -0.354 e. The predicted molar refractivity (Wildman–Crippen MR) is 60.3 cm³/mol. The molecule has 0 bridgehead atoms. The van der Waals surface area contributed by atoms with E-state index in [9.17, 15) is 0 Å². The van der Waals surface area contributed by atoms with Crippen LogP contribution in [0.2, 0.25) is 0 Å². The van der Waals surface area contributed by atoms with E-state index in [1.165, 1.54) is 22.4 Å². The molecule has 0 spiro atoms. The quantitative estimate of drug-likeness (QED) is 0.642. The number of hydrogen-bond acceptors (Lipinski definition) is 0. The Hall–Kier alpha value is -1.50. The first-order valence-corrected chi connectivity index (χ1v) is 4.87. The smallest absolute Gasteiger partial charge is 0.0147 e. The molecule has 2 rings (SSSR count). The molecule has 1 heterocycles. The van der Waals surface area contributed by atoms with Crippen LogP contribution in [0.25, 0.3) is 11.1 Å². The van der Waals surface area contributed by atoms with Gasteiger partial charge in [0, 0.05) is 18.9 Å². The third-order valence-electron chi connectivity index (χ3n) is 2.64. The van der Waals surface area contributed by atoms with Gasteiger partial charge in [-0.1, -0.05) is 29.8 Å². The standard InChI is InChI=1S/C13H15N/c1-10-4-6-12(7-5-10)13-8-11(2)14(3)9-13/h4-9H,1-3H3. The molecular weight excluding hydrogens is 170 g/mol. The Kier molecular flexibility index (Phi) is 2.16. The van der Waals surface area contributed by atoms with Gasteiger partial charge in [0.1, 0.15) is 0 Å². The van der Waals surface area contributed by atoms with Gasteiger partial charge < -0.3 is 4.57 Å². The van der Waals surface area contributed by atoms with E-state index < -0.39 is 0 Å². The summed E-state index contributed by atoms with van der Waals surface area (Å²) in [6.45, 7) is 4.23. The van der Waals surface area contributed by atoms with Crippen LogP contribution in [0.3, 0.4) is 0 Å². The van der Waals surface area contributed by atoms with E-state index in [4.69, 9.17) is 0 Å². The molecule has 0 saturated carbocycles. The average Bonchev–Trinajstić information content (AvgIpc) is 2.48. The van der Waals surface area contributed by atoms with E-state index in [1.54, 1.807) is 0 Å². The second kappa shape index (κ2) is 3.33. The van der Waals surface area contributed by atoms with Gasteiger partial charge in [0.15, 0.2) is 0 Å². The van der Waals surface area contributed by atoms with Gasteiger partial charge in [0.2, 0.25) is 0 Å². The van der Waals surface area contributed by atoms with Crippen molar-refractivity contribution in [1.29, 1.82) is 0 Å². The van der Waals surface area contributed by atoms with Crippen LogP contribution in [-0.2, 0) is 7.05 Å². The molecule has 0 aliphatic heterocycles. The molecule has 0 radical (unpaired) electrons. The number of rotatable bonds is 1. The summed E-state index contributed by atoms with van der Waals surface area (Å²) in [5.74, 6) is 0. The predicted octanol–water partition coefficient (Wildman–Crippen LogP) is 3.31. The first-order valence-electron chi connectivity index (χ1n) is 4.87. The van der Waals surface area contributed by atoms with Crippen molar-refractivity contribution in [2.45, 2.75) is 13.8 Å². The van der Waals surface area contributed by atoms with Crippen LogP contribution in [0.15, 0.2) is 36.5 Å². The minimum absolute atomic E-state index is 1.29. The number of nitrogens with zero attached hydrogens (tertiary/aromatic N) is 1. The summed E-state index contributed by atoms with van der Waals surface area (Å²) in [6.07, 6.45) is 2.17. The summed E-state index contributed by atoms with van der Waals surface area (Å²) in [5.41, 5.74) is 5.19. The SMILES string of the molecule is Cc1ccc(-c2cc(C)n(C)c2)cc1. The molecule has 2 aromatic rings. The normalized spacial score (nSPS) is 10.5. The maximum atomic E-state index is 2.21. The van der Waals surface area contributed by atoms with Crippen LogP contribution in [-0.4, -0.2) is 4.57 Å². The minimum atomic E-state index is 1.29. The van der Waals surface area contributed by atoms with Gasteiger partial charge >= 0.3 is 0 Å². The summed E-state index contributed by atoms with van der Waals surface area (Å²) in [4.78, 5) is 0. The highest BCUT2D eigenvalue weighted by atomic mass is 14.9. The van der Waals surface area contributed by atoms with E-state index >= 15 is 0 Å². The van der Waals surface area contributed by atoms with Crippen molar-refractivity contribution in [3.05, 3.63) is 47.8 Å². The molecule has 0 atom stereocenters. The number of aryl methyl sites for hydroxylation is 3. The second-order valence-electron chi connectivity index (χ2n) is 3.85.